The monoisotopic (exact) mass is 262 g/mol. The molecule has 0 atom stereocenters. The van der Waals surface area contributed by atoms with Gasteiger partial charge >= 0.3 is 0 Å². The summed E-state index contributed by atoms with van der Waals surface area (Å²) in [6.07, 6.45) is 2.36. The molecule has 0 bridgehead atoms. The van der Waals surface area contributed by atoms with Gasteiger partial charge in [0.05, 0.1) is 6.10 Å². The average Bonchev–Trinajstić information content (AvgIpc) is 2.32. The lowest BCUT2D eigenvalue weighted by atomic mass is 9.82. The van der Waals surface area contributed by atoms with E-state index in [0.717, 1.165) is 30.6 Å². The number of benzene rings is 1. The molecule has 104 valence electrons. The van der Waals surface area contributed by atoms with Crippen LogP contribution in [0.2, 0.25) is 0 Å². The topological polar surface area (TPSA) is 50.4 Å². The molecule has 19 heavy (non-hydrogen) atoms. The maximum Gasteiger partial charge on any atom is 0.250 e. The number of aryl methyl sites for hydroxylation is 1. The molecule has 1 aliphatic carbocycles. The van der Waals surface area contributed by atoms with Crippen molar-refractivity contribution in [1.82, 2.24) is 5.32 Å². The van der Waals surface area contributed by atoms with Crippen molar-refractivity contribution in [3.8, 4) is 0 Å². The zero-order valence-electron chi connectivity index (χ0n) is 11.6. The van der Waals surface area contributed by atoms with Crippen molar-refractivity contribution in [2.75, 3.05) is 25.5 Å². The van der Waals surface area contributed by atoms with Crippen LogP contribution in [-0.2, 0) is 9.53 Å². The predicted molar refractivity (Wildman–Crippen MR) is 76.2 cm³/mol. The number of nitrogens with one attached hydrogen (secondary N) is 2. The number of ether oxygens (including phenoxy) is 1. The summed E-state index contributed by atoms with van der Waals surface area (Å²) in [5.41, 5.74) is 1.96. The predicted octanol–water partition coefficient (Wildman–Crippen LogP) is 1.95. The van der Waals surface area contributed by atoms with Gasteiger partial charge in [0, 0.05) is 5.69 Å². The Morgan fingerprint density at radius 3 is 2.89 bits per heavy atom. The molecule has 1 amide bonds. The third kappa shape index (κ3) is 4.33. The molecule has 0 aliphatic heterocycles. The highest BCUT2D eigenvalue weighted by Gasteiger charge is 2.29. The van der Waals surface area contributed by atoms with Crippen LogP contribution >= 0.6 is 0 Å². The first-order chi connectivity index (χ1) is 9.17. The first-order valence-corrected chi connectivity index (χ1v) is 6.80. The van der Waals surface area contributed by atoms with Crippen LogP contribution in [0.3, 0.4) is 0 Å². The summed E-state index contributed by atoms with van der Waals surface area (Å²) < 4.78 is 5.58. The van der Waals surface area contributed by atoms with Crippen molar-refractivity contribution in [1.29, 1.82) is 0 Å². The smallest absolute Gasteiger partial charge is 0.250 e. The van der Waals surface area contributed by atoms with Crippen LogP contribution in [0.15, 0.2) is 24.3 Å². The van der Waals surface area contributed by atoms with E-state index >= 15 is 0 Å². The van der Waals surface area contributed by atoms with E-state index in [9.17, 15) is 4.79 Å². The summed E-state index contributed by atoms with van der Waals surface area (Å²) in [7, 11) is 1.96. The molecule has 1 aromatic carbocycles. The summed E-state index contributed by atoms with van der Waals surface area (Å²) in [4.78, 5) is 11.7. The number of hydrogen-bond acceptors (Lipinski definition) is 3. The van der Waals surface area contributed by atoms with Gasteiger partial charge in [-0.15, -0.1) is 0 Å². The van der Waals surface area contributed by atoms with Crippen LogP contribution in [0.25, 0.3) is 0 Å². The first-order valence-electron chi connectivity index (χ1n) is 6.80. The number of anilines is 1. The zero-order chi connectivity index (χ0) is 13.7. The maximum absolute atomic E-state index is 11.7. The van der Waals surface area contributed by atoms with Crippen molar-refractivity contribution in [3.63, 3.8) is 0 Å². The van der Waals surface area contributed by atoms with Gasteiger partial charge in [-0.05, 0) is 57.0 Å². The van der Waals surface area contributed by atoms with Crippen molar-refractivity contribution in [3.05, 3.63) is 29.8 Å². The highest BCUT2D eigenvalue weighted by atomic mass is 16.5. The van der Waals surface area contributed by atoms with E-state index in [1.54, 1.807) is 0 Å². The molecule has 1 fully saturated rings. The van der Waals surface area contributed by atoms with Crippen molar-refractivity contribution < 1.29 is 9.53 Å². The van der Waals surface area contributed by atoms with Gasteiger partial charge in [0.1, 0.15) is 6.61 Å². The van der Waals surface area contributed by atoms with E-state index in [1.165, 1.54) is 0 Å². The Bertz CT molecular complexity index is 428. The number of carbonyl (C=O) groups excluding carboxylic acids is 1. The van der Waals surface area contributed by atoms with Crippen molar-refractivity contribution in [2.24, 2.45) is 5.92 Å². The van der Waals surface area contributed by atoms with Crippen LogP contribution in [0.4, 0.5) is 5.69 Å². The minimum atomic E-state index is -0.0809. The van der Waals surface area contributed by atoms with E-state index in [4.69, 9.17) is 4.74 Å². The molecule has 0 saturated heterocycles. The molecular formula is C15H22N2O2. The third-order valence-corrected chi connectivity index (χ3v) is 3.44. The lowest BCUT2D eigenvalue weighted by Crippen LogP contribution is -2.38. The van der Waals surface area contributed by atoms with Gasteiger partial charge in [0.15, 0.2) is 0 Å². The Balaban J connectivity index is 1.66. The summed E-state index contributed by atoms with van der Waals surface area (Å²) in [6, 6.07) is 7.77. The van der Waals surface area contributed by atoms with Crippen molar-refractivity contribution >= 4 is 11.6 Å². The van der Waals surface area contributed by atoms with Crippen LogP contribution in [0, 0.1) is 12.8 Å². The van der Waals surface area contributed by atoms with Crippen LogP contribution in [-0.4, -0.2) is 32.2 Å². The number of amides is 1. The number of hydrogen-bond donors (Lipinski definition) is 2. The Hall–Kier alpha value is -1.39. The van der Waals surface area contributed by atoms with E-state index in [2.05, 4.69) is 10.6 Å². The van der Waals surface area contributed by atoms with Gasteiger partial charge in [0.25, 0.3) is 0 Å². The second kappa shape index (κ2) is 6.68. The molecule has 0 heterocycles. The second-order valence-electron chi connectivity index (χ2n) is 5.25. The Morgan fingerprint density at radius 2 is 2.21 bits per heavy atom. The quantitative estimate of drug-likeness (QED) is 0.824. The van der Waals surface area contributed by atoms with E-state index in [1.807, 2.05) is 38.2 Å². The standard InChI is InChI=1S/C15H22N2O2/c1-11-4-3-5-13(6-11)17-15(18)10-19-14-7-12(8-14)9-16-2/h3-6,12,14,16H,7-10H2,1-2H3,(H,17,18). The number of carbonyl (C=O) groups is 1. The van der Waals surface area contributed by atoms with Gasteiger partial charge in [-0.1, -0.05) is 12.1 Å². The molecule has 0 unspecified atom stereocenters. The maximum atomic E-state index is 11.7. The fourth-order valence-corrected chi connectivity index (χ4v) is 2.38. The van der Waals surface area contributed by atoms with Crippen LogP contribution < -0.4 is 10.6 Å². The van der Waals surface area contributed by atoms with Gasteiger partial charge in [-0.25, -0.2) is 0 Å². The van der Waals surface area contributed by atoms with E-state index in [0.29, 0.717) is 5.92 Å². The molecule has 0 radical (unpaired) electrons. The largest absolute Gasteiger partial charge is 0.368 e. The lowest BCUT2D eigenvalue weighted by molar-refractivity contribution is -0.125. The van der Waals surface area contributed by atoms with Gasteiger partial charge in [-0.3, -0.25) is 4.79 Å². The Labute approximate surface area is 114 Å². The molecule has 1 saturated carbocycles. The summed E-state index contributed by atoms with van der Waals surface area (Å²) in [6.45, 7) is 3.18. The minimum absolute atomic E-state index is 0.0809. The van der Waals surface area contributed by atoms with Gasteiger partial charge in [0.2, 0.25) is 5.91 Å². The Morgan fingerprint density at radius 1 is 1.42 bits per heavy atom. The SMILES string of the molecule is CNCC1CC(OCC(=O)Nc2cccc(C)c2)C1. The molecule has 4 heteroatoms. The highest BCUT2D eigenvalue weighted by molar-refractivity contribution is 5.91. The molecule has 4 nitrogen and oxygen atoms in total. The normalized spacial score (nSPS) is 21.8. The molecular weight excluding hydrogens is 240 g/mol. The van der Waals surface area contributed by atoms with E-state index < -0.39 is 0 Å². The summed E-state index contributed by atoms with van der Waals surface area (Å²) in [5, 5.41) is 6.00. The zero-order valence-corrected chi connectivity index (χ0v) is 11.6. The van der Waals surface area contributed by atoms with Gasteiger partial charge < -0.3 is 15.4 Å². The molecule has 1 aliphatic rings. The van der Waals surface area contributed by atoms with Crippen LogP contribution in [0.5, 0.6) is 0 Å². The third-order valence-electron chi connectivity index (χ3n) is 3.44. The number of rotatable bonds is 6. The molecule has 0 aromatic heterocycles. The summed E-state index contributed by atoms with van der Waals surface area (Å²) >= 11 is 0. The lowest BCUT2D eigenvalue weighted by Gasteiger charge is -2.34. The average molecular weight is 262 g/mol. The molecule has 0 spiro atoms. The summed E-state index contributed by atoms with van der Waals surface area (Å²) in [5.74, 6) is 0.623. The highest BCUT2D eigenvalue weighted by Crippen LogP contribution is 2.29. The van der Waals surface area contributed by atoms with E-state index in [-0.39, 0.29) is 18.6 Å². The fourth-order valence-electron chi connectivity index (χ4n) is 2.38. The second-order valence-corrected chi connectivity index (χ2v) is 5.25. The first kappa shape index (κ1) is 14.0. The molecule has 1 aromatic rings. The molecule has 2 rings (SSSR count). The van der Waals surface area contributed by atoms with Gasteiger partial charge in [-0.2, -0.15) is 0 Å². The fraction of sp³-hybridized carbons (Fsp3) is 0.533. The molecule has 2 N–H and O–H groups in total. The Kier molecular flexibility index (Phi) is 4.93. The van der Waals surface area contributed by atoms with Crippen LogP contribution in [0.1, 0.15) is 18.4 Å². The van der Waals surface area contributed by atoms with Crippen molar-refractivity contribution in [2.45, 2.75) is 25.9 Å². The minimum Gasteiger partial charge on any atom is -0.368 e.